The van der Waals surface area contributed by atoms with Crippen LogP contribution < -0.4 is 10.1 Å². The molecule has 0 bridgehead atoms. The number of ketones is 1. The molecule has 0 unspecified atom stereocenters. The third-order valence-electron chi connectivity index (χ3n) is 3.41. The van der Waals surface area contributed by atoms with Crippen molar-refractivity contribution < 1.29 is 18.7 Å². The van der Waals surface area contributed by atoms with Gasteiger partial charge in [0.15, 0.2) is 5.78 Å². The minimum atomic E-state index is -0.492. The van der Waals surface area contributed by atoms with Gasteiger partial charge in [-0.15, -0.1) is 11.8 Å². The van der Waals surface area contributed by atoms with E-state index in [4.69, 9.17) is 4.74 Å². The lowest BCUT2D eigenvalue weighted by Gasteiger charge is -2.08. The van der Waals surface area contributed by atoms with E-state index in [1.807, 2.05) is 31.2 Å². The van der Waals surface area contributed by atoms with Gasteiger partial charge in [-0.2, -0.15) is 0 Å². The first-order valence-electron chi connectivity index (χ1n) is 7.85. The van der Waals surface area contributed by atoms with Crippen LogP contribution in [0, 0.1) is 12.7 Å². The highest BCUT2D eigenvalue weighted by molar-refractivity contribution is 8.00. The average Bonchev–Trinajstić information content (AvgIpc) is 2.59. The van der Waals surface area contributed by atoms with E-state index in [-0.39, 0.29) is 17.4 Å². The lowest BCUT2D eigenvalue weighted by molar-refractivity contribution is -0.118. The molecule has 4 nitrogen and oxygen atoms in total. The zero-order valence-corrected chi connectivity index (χ0v) is 15.0. The van der Waals surface area contributed by atoms with Crippen molar-refractivity contribution in [3.63, 3.8) is 0 Å². The second-order valence-electron chi connectivity index (χ2n) is 5.50. The first kappa shape index (κ1) is 19.0. The number of halogens is 1. The van der Waals surface area contributed by atoms with E-state index < -0.39 is 5.82 Å². The van der Waals surface area contributed by atoms with Gasteiger partial charge in [-0.25, -0.2) is 4.39 Å². The number of aryl methyl sites for hydroxylation is 1. The fraction of sp³-hybridized carbons (Fsp3) is 0.263. The monoisotopic (exact) mass is 361 g/mol. The van der Waals surface area contributed by atoms with Gasteiger partial charge in [-0.05, 0) is 38.1 Å². The number of carbonyl (C=O) groups is 2. The second kappa shape index (κ2) is 9.22. The molecule has 0 saturated heterocycles. The van der Waals surface area contributed by atoms with Crippen LogP contribution in [0.25, 0.3) is 0 Å². The first-order chi connectivity index (χ1) is 12.0. The Morgan fingerprint density at radius 3 is 2.52 bits per heavy atom. The van der Waals surface area contributed by atoms with Gasteiger partial charge in [0, 0.05) is 10.5 Å². The van der Waals surface area contributed by atoms with Crippen molar-refractivity contribution in [2.24, 2.45) is 0 Å². The number of rotatable bonds is 8. The van der Waals surface area contributed by atoms with Gasteiger partial charge in [0.05, 0.1) is 12.3 Å². The summed E-state index contributed by atoms with van der Waals surface area (Å²) in [5.41, 5.74) is 1.47. The molecular formula is C19H20FNO3S. The standard InChI is InChI=1S/C19H20FNO3S/c1-13-3-6-16(7-4-13)24-10-9-21-19(23)12-25-18-8-5-15(14(2)22)11-17(18)20/h3-8,11H,9-10,12H2,1-2H3,(H,21,23). The average molecular weight is 361 g/mol. The predicted octanol–water partition coefficient (Wildman–Crippen LogP) is 3.62. The first-order valence-corrected chi connectivity index (χ1v) is 8.83. The second-order valence-corrected chi connectivity index (χ2v) is 6.52. The Bertz CT molecular complexity index is 747. The fourth-order valence-corrected chi connectivity index (χ4v) is 2.77. The van der Waals surface area contributed by atoms with E-state index in [9.17, 15) is 14.0 Å². The molecule has 0 aromatic heterocycles. The van der Waals surface area contributed by atoms with E-state index in [0.717, 1.165) is 23.1 Å². The largest absolute Gasteiger partial charge is 0.492 e. The Morgan fingerprint density at radius 2 is 1.88 bits per heavy atom. The Balaban J connectivity index is 1.70. The van der Waals surface area contributed by atoms with Crippen molar-refractivity contribution in [1.29, 1.82) is 0 Å². The van der Waals surface area contributed by atoms with Gasteiger partial charge in [-0.1, -0.05) is 23.8 Å². The highest BCUT2D eigenvalue weighted by Gasteiger charge is 2.09. The number of hydrogen-bond acceptors (Lipinski definition) is 4. The molecule has 0 heterocycles. The highest BCUT2D eigenvalue weighted by atomic mass is 32.2. The summed E-state index contributed by atoms with van der Waals surface area (Å²) < 4.78 is 19.4. The molecule has 2 aromatic rings. The van der Waals surface area contributed by atoms with Crippen molar-refractivity contribution in [2.75, 3.05) is 18.9 Å². The minimum absolute atomic E-state index is 0.0981. The van der Waals surface area contributed by atoms with Crippen LogP contribution in [0.3, 0.4) is 0 Å². The lowest BCUT2D eigenvalue weighted by Crippen LogP contribution is -2.29. The van der Waals surface area contributed by atoms with E-state index in [1.54, 1.807) is 6.07 Å². The highest BCUT2D eigenvalue weighted by Crippen LogP contribution is 2.22. The van der Waals surface area contributed by atoms with Gasteiger partial charge in [-0.3, -0.25) is 9.59 Å². The third-order valence-corrected chi connectivity index (χ3v) is 4.46. The maximum Gasteiger partial charge on any atom is 0.230 e. The summed E-state index contributed by atoms with van der Waals surface area (Å²) in [5.74, 6) is -0.0367. The number of amides is 1. The molecule has 0 fully saturated rings. The van der Waals surface area contributed by atoms with Crippen LogP contribution in [-0.2, 0) is 4.79 Å². The molecule has 2 aromatic carbocycles. The number of hydrogen-bond donors (Lipinski definition) is 1. The van der Waals surface area contributed by atoms with Crippen LogP contribution in [0.4, 0.5) is 4.39 Å². The van der Waals surface area contributed by atoms with Gasteiger partial charge in [0.1, 0.15) is 18.2 Å². The molecule has 0 aliphatic carbocycles. The maximum absolute atomic E-state index is 13.9. The zero-order valence-electron chi connectivity index (χ0n) is 14.2. The molecule has 0 aliphatic heterocycles. The molecule has 0 saturated carbocycles. The fourth-order valence-electron chi connectivity index (χ4n) is 2.03. The molecule has 2 rings (SSSR count). The van der Waals surface area contributed by atoms with Crippen molar-refractivity contribution in [3.8, 4) is 5.75 Å². The smallest absolute Gasteiger partial charge is 0.230 e. The Kier molecular flexibility index (Phi) is 7.01. The summed E-state index contributed by atoms with van der Waals surface area (Å²) in [4.78, 5) is 23.3. The van der Waals surface area contributed by atoms with Crippen LogP contribution in [0.2, 0.25) is 0 Å². The zero-order chi connectivity index (χ0) is 18.2. The van der Waals surface area contributed by atoms with Crippen molar-refractivity contribution >= 4 is 23.5 Å². The molecule has 1 amide bonds. The van der Waals surface area contributed by atoms with Gasteiger partial charge < -0.3 is 10.1 Å². The summed E-state index contributed by atoms with van der Waals surface area (Å²) in [6, 6.07) is 11.9. The summed E-state index contributed by atoms with van der Waals surface area (Å²) in [5, 5.41) is 2.72. The summed E-state index contributed by atoms with van der Waals surface area (Å²) in [6.45, 7) is 4.12. The molecular weight excluding hydrogens is 341 g/mol. The van der Waals surface area contributed by atoms with Crippen molar-refractivity contribution in [1.82, 2.24) is 5.32 Å². The summed E-state index contributed by atoms with van der Waals surface area (Å²) >= 11 is 1.09. The number of thioether (sulfide) groups is 1. The van der Waals surface area contributed by atoms with Crippen molar-refractivity contribution in [2.45, 2.75) is 18.7 Å². The van der Waals surface area contributed by atoms with Crippen molar-refractivity contribution in [3.05, 3.63) is 59.4 Å². The molecule has 132 valence electrons. The number of Topliss-reactive ketones (excluding diaryl/α,β-unsaturated/α-hetero) is 1. The topological polar surface area (TPSA) is 55.4 Å². The molecule has 0 atom stereocenters. The Labute approximate surface area is 150 Å². The van der Waals surface area contributed by atoms with Crippen LogP contribution >= 0.6 is 11.8 Å². The maximum atomic E-state index is 13.9. The summed E-state index contributed by atoms with van der Waals surface area (Å²) in [7, 11) is 0. The van der Waals surface area contributed by atoms with Crippen LogP contribution in [0.5, 0.6) is 5.75 Å². The lowest BCUT2D eigenvalue weighted by atomic mass is 10.1. The number of nitrogens with one attached hydrogen (secondary N) is 1. The number of ether oxygens (including phenoxy) is 1. The van der Waals surface area contributed by atoms with Gasteiger partial charge in [0.2, 0.25) is 5.91 Å². The van der Waals surface area contributed by atoms with E-state index >= 15 is 0 Å². The molecule has 0 spiro atoms. The van der Waals surface area contributed by atoms with Gasteiger partial charge >= 0.3 is 0 Å². The molecule has 0 radical (unpaired) electrons. The van der Waals surface area contributed by atoms with E-state index in [2.05, 4.69) is 5.32 Å². The molecule has 6 heteroatoms. The van der Waals surface area contributed by atoms with Crippen LogP contribution in [0.15, 0.2) is 47.4 Å². The van der Waals surface area contributed by atoms with Crippen LogP contribution in [0.1, 0.15) is 22.8 Å². The molecule has 1 N–H and O–H groups in total. The van der Waals surface area contributed by atoms with E-state index in [1.165, 1.54) is 19.1 Å². The Morgan fingerprint density at radius 1 is 1.16 bits per heavy atom. The number of carbonyl (C=O) groups excluding carboxylic acids is 2. The van der Waals surface area contributed by atoms with Crippen LogP contribution in [-0.4, -0.2) is 30.6 Å². The Hall–Kier alpha value is -2.34. The molecule has 0 aliphatic rings. The van der Waals surface area contributed by atoms with Gasteiger partial charge in [0.25, 0.3) is 0 Å². The summed E-state index contributed by atoms with van der Waals surface area (Å²) in [6.07, 6.45) is 0. The minimum Gasteiger partial charge on any atom is -0.492 e. The number of benzene rings is 2. The predicted molar refractivity (Wildman–Crippen MR) is 96.8 cm³/mol. The quantitative estimate of drug-likeness (QED) is 0.443. The van der Waals surface area contributed by atoms with E-state index in [0.29, 0.717) is 23.6 Å². The molecule has 25 heavy (non-hydrogen) atoms. The SMILES string of the molecule is CC(=O)c1ccc(SCC(=O)NCCOc2ccc(C)cc2)c(F)c1. The third kappa shape index (κ3) is 6.23. The normalized spacial score (nSPS) is 10.4.